The summed E-state index contributed by atoms with van der Waals surface area (Å²) in [7, 11) is 1.50. The number of likely N-dealkylation sites (N-methyl/N-ethyl adjacent to an activating group) is 1. The summed E-state index contributed by atoms with van der Waals surface area (Å²) < 4.78 is 0. The van der Waals surface area contributed by atoms with Crippen LogP contribution >= 0.6 is 11.3 Å². The normalized spacial score (nSPS) is 19.1. The Bertz CT molecular complexity index is 697. The summed E-state index contributed by atoms with van der Waals surface area (Å²) in [4.78, 5) is 34.4. The summed E-state index contributed by atoms with van der Waals surface area (Å²) >= 11 is 1.54. The third kappa shape index (κ3) is 2.03. The van der Waals surface area contributed by atoms with Crippen molar-refractivity contribution in [2.24, 2.45) is 0 Å². The van der Waals surface area contributed by atoms with Crippen molar-refractivity contribution >= 4 is 39.2 Å². The number of hydrogen-bond donors (Lipinski definition) is 1. The zero-order valence-electron chi connectivity index (χ0n) is 11.2. The Morgan fingerprint density at radius 3 is 2.90 bits per heavy atom. The Kier molecular flexibility index (Phi) is 3.13. The molecule has 1 saturated heterocycles. The number of imide groups is 1. The van der Waals surface area contributed by atoms with E-state index in [0.717, 1.165) is 27.4 Å². The molecule has 2 aromatic heterocycles. The van der Waals surface area contributed by atoms with E-state index in [1.54, 1.807) is 0 Å². The van der Waals surface area contributed by atoms with Gasteiger partial charge in [0.25, 0.3) is 5.91 Å². The molecule has 1 aliphatic heterocycles. The molecular weight excluding hydrogens is 276 g/mol. The van der Waals surface area contributed by atoms with E-state index in [1.807, 2.05) is 18.4 Å². The molecule has 20 heavy (non-hydrogen) atoms. The third-order valence-corrected chi connectivity index (χ3v) is 4.19. The maximum Gasteiger partial charge on any atom is 0.251 e. The van der Waals surface area contributed by atoms with Gasteiger partial charge in [-0.25, -0.2) is 9.97 Å². The van der Waals surface area contributed by atoms with Crippen molar-refractivity contribution in [2.45, 2.75) is 25.8 Å². The van der Waals surface area contributed by atoms with Crippen LogP contribution < -0.4 is 5.32 Å². The second-order valence-electron chi connectivity index (χ2n) is 4.67. The van der Waals surface area contributed by atoms with Crippen molar-refractivity contribution in [1.29, 1.82) is 0 Å². The minimum Gasteiger partial charge on any atom is -0.357 e. The van der Waals surface area contributed by atoms with E-state index >= 15 is 0 Å². The van der Waals surface area contributed by atoms with Crippen LogP contribution in [0.15, 0.2) is 11.4 Å². The van der Waals surface area contributed by atoms with Crippen molar-refractivity contribution < 1.29 is 9.59 Å². The van der Waals surface area contributed by atoms with E-state index in [0.29, 0.717) is 5.82 Å². The molecule has 0 saturated carbocycles. The van der Waals surface area contributed by atoms with E-state index in [4.69, 9.17) is 0 Å². The predicted molar refractivity (Wildman–Crippen MR) is 76.6 cm³/mol. The summed E-state index contributed by atoms with van der Waals surface area (Å²) in [5, 5.41) is 5.93. The lowest BCUT2D eigenvalue weighted by atomic mass is 10.2. The fourth-order valence-corrected chi connectivity index (χ4v) is 2.98. The summed E-state index contributed by atoms with van der Waals surface area (Å²) in [5.41, 5.74) is 0. The highest BCUT2D eigenvalue weighted by molar-refractivity contribution is 7.16. The number of likely N-dealkylation sites (tertiary alicyclic amines) is 1. The van der Waals surface area contributed by atoms with Gasteiger partial charge in [0.2, 0.25) is 5.91 Å². The van der Waals surface area contributed by atoms with E-state index in [2.05, 4.69) is 15.3 Å². The molecule has 3 rings (SSSR count). The maximum atomic E-state index is 12.0. The Morgan fingerprint density at radius 1 is 1.45 bits per heavy atom. The molecule has 0 spiro atoms. The molecule has 1 fully saturated rings. The number of rotatable bonds is 3. The molecule has 7 heteroatoms. The molecule has 2 aromatic rings. The van der Waals surface area contributed by atoms with Gasteiger partial charge in [-0.05, 0) is 11.4 Å². The summed E-state index contributed by atoms with van der Waals surface area (Å²) in [6.45, 7) is 1.98. The topological polar surface area (TPSA) is 75.2 Å². The van der Waals surface area contributed by atoms with Gasteiger partial charge in [-0.1, -0.05) is 6.92 Å². The lowest BCUT2D eigenvalue weighted by Crippen LogP contribution is -2.32. The van der Waals surface area contributed by atoms with E-state index in [9.17, 15) is 9.59 Å². The van der Waals surface area contributed by atoms with Gasteiger partial charge in [0.15, 0.2) is 0 Å². The molecule has 0 bridgehead atoms. The van der Waals surface area contributed by atoms with Crippen molar-refractivity contribution in [2.75, 3.05) is 12.4 Å². The van der Waals surface area contributed by atoms with E-state index < -0.39 is 6.04 Å². The minimum absolute atomic E-state index is 0.168. The zero-order valence-corrected chi connectivity index (χ0v) is 12.0. The van der Waals surface area contributed by atoms with E-state index in [-0.39, 0.29) is 18.2 Å². The van der Waals surface area contributed by atoms with Crippen molar-refractivity contribution in [1.82, 2.24) is 14.9 Å². The Hall–Kier alpha value is -2.02. The van der Waals surface area contributed by atoms with Crippen molar-refractivity contribution in [3.05, 3.63) is 17.3 Å². The first-order valence-corrected chi connectivity index (χ1v) is 7.29. The third-order valence-electron chi connectivity index (χ3n) is 3.38. The zero-order chi connectivity index (χ0) is 14.3. The standard InChI is InChI=1S/C13H14N4O2S/c1-3-9-15-11(7-4-5-20-12(7)16-9)14-8-6-10(18)17(2)13(8)19/h4-5,8H,3,6H2,1-2H3,(H,14,15,16)/t8-/m1/s1. The number of aromatic nitrogens is 2. The lowest BCUT2D eigenvalue weighted by Gasteiger charge is -2.13. The number of amides is 2. The summed E-state index contributed by atoms with van der Waals surface area (Å²) in [6, 6.07) is 1.39. The van der Waals surface area contributed by atoms with Gasteiger partial charge in [0, 0.05) is 13.5 Å². The fraction of sp³-hybridized carbons (Fsp3) is 0.385. The average molecular weight is 290 g/mol. The smallest absolute Gasteiger partial charge is 0.251 e. The number of aryl methyl sites for hydroxylation is 1. The Balaban J connectivity index is 1.96. The highest BCUT2D eigenvalue weighted by atomic mass is 32.1. The van der Waals surface area contributed by atoms with Gasteiger partial charge >= 0.3 is 0 Å². The molecule has 1 aliphatic rings. The second kappa shape index (κ2) is 4.82. The van der Waals surface area contributed by atoms with Crippen LogP contribution in [0.25, 0.3) is 10.2 Å². The van der Waals surface area contributed by atoms with Crippen LogP contribution in [0.2, 0.25) is 0 Å². The van der Waals surface area contributed by atoms with Gasteiger partial charge < -0.3 is 5.32 Å². The molecule has 1 N–H and O–H groups in total. The largest absolute Gasteiger partial charge is 0.357 e. The lowest BCUT2D eigenvalue weighted by molar-refractivity contribution is -0.136. The number of thiophene rings is 1. The molecule has 3 heterocycles. The van der Waals surface area contributed by atoms with Crippen LogP contribution in [0.1, 0.15) is 19.2 Å². The van der Waals surface area contributed by atoms with Crippen LogP contribution in [0.4, 0.5) is 5.82 Å². The SMILES string of the molecule is CCc1nc(N[C@@H]2CC(=O)N(C)C2=O)c2ccsc2n1. The monoisotopic (exact) mass is 290 g/mol. The molecule has 6 nitrogen and oxygen atoms in total. The molecule has 104 valence electrons. The van der Waals surface area contributed by atoms with Gasteiger partial charge in [-0.15, -0.1) is 11.3 Å². The molecule has 0 aliphatic carbocycles. The molecule has 1 atom stereocenters. The highest BCUT2D eigenvalue weighted by Gasteiger charge is 2.36. The van der Waals surface area contributed by atoms with E-state index in [1.165, 1.54) is 18.4 Å². The molecule has 0 radical (unpaired) electrons. The first-order valence-electron chi connectivity index (χ1n) is 6.41. The maximum absolute atomic E-state index is 12.0. The molecule has 0 aromatic carbocycles. The molecule has 0 unspecified atom stereocenters. The number of carbonyl (C=O) groups excluding carboxylic acids is 2. The summed E-state index contributed by atoms with van der Waals surface area (Å²) in [6.07, 6.45) is 0.895. The quantitative estimate of drug-likeness (QED) is 0.865. The van der Waals surface area contributed by atoms with Gasteiger partial charge in [-0.3, -0.25) is 14.5 Å². The average Bonchev–Trinajstić information content (AvgIpc) is 3.00. The van der Waals surface area contributed by atoms with Gasteiger partial charge in [0.05, 0.1) is 11.8 Å². The number of carbonyl (C=O) groups is 2. The molecular formula is C13H14N4O2S. The van der Waals surface area contributed by atoms with Crippen molar-refractivity contribution in [3.8, 4) is 0 Å². The minimum atomic E-state index is -0.532. The predicted octanol–water partition coefficient (Wildman–Crippen LogP) is 1.42. The molecule has 2 amide bonds. The number of anilines is 1. The van der Waals surface area contributed by atoms with Crippen LogP contribution in [0.5, 0.6) is 0 Å². The van der Waals surface area contributed by atoms with Crippen LogP contribution in [-0.4, -0.2) is 39.8 Å². The first kappa shape index (κ1) is 13.0. The van der Waals surface area contributed by atoms with Crippen molar-refractivity contribution in [3.63, 3.8) is 0 Å². The highest BCUT2D eigenvalue weighted by Crippen LogP contribution is 2.27. The van der Waals surface area contributed by atoms with Crippen LogP contribution in [0, 0.1) is 0 Å². The Morgan fingerprint density at radius 2 is 2.25 bits per heavy atom. The number of hydrogen-bond acceptors (Lipinski definition) is 6. The summed E-state index contributed by atoms with van der Waals surface area (Å²) in [5.74, 6) is 0.982. The van der Waals surface area contributed by atoms with Gasteiger partial charge in [0.1, 0.15) is 22.5 Å². The first-order chi connectivity index (χ1) is 9.60. The number of nitrogens with one attached hydrogen (secondary N) is 1. The van der Waals surface area contributed by atoms with Crippen LogP contribution in [-0.2, 0) is 16.0 Å². The second-order valence-corrected chi connectivity index (χ2v) is 5.57. The Labute approximate surface area is 119 Å². The number of nitrogens with zero attached hydrogens (tertiary/aromatic N) is 3. The van der Waals surface area contributed by atoms with Crippen LogP contribution in [0.3, 0.4) is 0 Å². The van der Waals surface area contributed by atoms with Gasteiger partial charge in [-0.2, -0.15) is 0 Å². The fourth-order valence-electron chi connectivity index (χ4n) is 2.20. The number of fused-ring (bicyclic) bond motifs is 1.